The van der Waals surface area contributed by atoms with Crippen LogP contribution in [-0.4, -0.2) is 29.9 Å². The van der Waals surface area contributed by atoms with E-state index in [-0.39, 0.29) is 0 Å². The summed E-state index contributed by atoms with van der Waals surface area (Å²) in [4.78, 5) is 29.7. The van der Waals surface area contributed by atoms with Crippen LogP contribution in [0.1, 0.15) is 16.7 Å². The van der Waals surface area contributed by atoms with E-state index in [0.29, 0.717) is 34.9 Å². The van der Waals surface area contributed by atoms with E-state index in [9.17, 15) is 0 Å². The molecule has 74 heavy (non-hydrogen) atoms. The van der Waals surface area contributed by atoms with Gasteiger partial charge in [0.25, 0.3) is 0 Å². The summed E-state index contributed by atoms with van der Waals surface area (Å²) in [6, 6.07) is 91.6. The number of hydrogen-bond acceptors (Lipinski definition) is 7. The maximum Gasteiger partial charge on any atom is 0.185 e. The van der Waals surface area contributed by atoms with Crippen molar-refractivity contribution in [3.63, 3.8) is 0 Å². The third kappa shape index (κ3) is 8.28. The number of fused-ring (bicyclic) bond motifs is 3. The second kappa shape index (κ2) is 19.0. The molecule has 1 aliphatic rings. The standard InChI is InChI=1S/C67H44N6O/c1-7-19-47(20-8-1)61-68-62(48-21-9-2-10-22-48)71-65(70-61)51-35-31-45(32-36-51)53-39-41-57-58-42-40-54(44-60(58)74-67(59(57)43-53,55-27-15-5-16-28-55)56-29-17-6-18-30-56)46-33-37-52(38-34-46)66-72-63(49-23-11-3-12-24-49)69-64(73-66)50-25-13-4-14-26-50/h1-44H. The Kier molecular flexibility index (Phi) is 11.3. The van der Waals surface area contributed by atoms with E-state index in [0.717, 1.165) is 89.2 Å². The first kappa shape index (κ1) is 44.0. The molecular weight excluding hydrogens is 905 g/mol. The summed E-state index contributed by atoms with van der Waals surface area (Å²) in [6.07, 6.45) is 0. The van der Waals surface area contributed by atoms with Gasteiger partial charge in [-0.3, -0.25) is 0 Å². The summed E-state index contributed by atoms with van der Waals surface area (Å²) < 4.78 is 7.60. The Morgan fingerprint density at radius 3 is 0.851 bits per heavy atom. The van der Waals surface area contributed by atoms with E-state index in [2.05, 4.69) is 146 Å². The Bertz CT molecular complexity index is 3780. The topological polar surface area (TPSA) is 86.6 Å². The number of aromatic nitrogens is 6. The van der Waals surface area contributed by atoms with E-state index in [1.54, 1.807) is 0 Å². The SMILES string of the molecule is c1ccc(-c2nc(-c3ccccc3)nc(-c3ccc(-c4ccc5c(c4)OC(c4ccccc4)(c4ccccc4)c4cc(-c6ccc(-c7nc(-c8ccccc8)nc(-c8ccccc8)n7)cc6)ccc4-5)cc3)n2)cc1. The van der Waals surface area contributed by atoms with Crippen LogP contribution in [0.3, 0.4) is 0 Å². The maximum atomic E-state index is 7.60. The van der Waals surface area contributed by atoms with Gasteiger partial charge in [0.1, 0.15) is 5.75 Å². The van der Waals surface area contributed by atoms with E-state index in [4.69, 9.17) is 34.6 Å². The number of benzene rings is 10. The quantitative estimate of drug-likeness (QED) is 0.135. The minimum Gasteiger partial charge on any atom is -0.472 e. The Labute approximate surface area is 429 Å². The van der Waals surface area contributed by atoms with Crippen LogP contribution in [0.4, 0.5) is 0 Å². The van der Waals surface area contributed by atoms with Gasteiger partial charge in [-0.05, 0) is 39.9 Å². The number of hydrogen-bond donors (Lipinski definition) is 0. The molecule has 0 bridgehead atoms. The van der Waals surface area contributed by atoms with Crippen molar-refractivity contribution in [3.05, 3.63) is 284 Å². The highest BCUT2D eigenvalue weighted by Gasteiger charge is 2.44. The fourth-order valence-corrected chi connectivity index (χ4v) is 9.92. The van der Waals surface area contributed by atoms with E-state index in [1.165, 1.54) is 0 Å². The van der Waals surface area contributed by atoms with Crippen molar-refractivity contribution in [3.8, 4) is 107 Å². The Morgan fingerprint density at radius 2 is 0.500 bits per heavy atom. The van der Waals surface area contributed by atoms with Crippen LogP contribution < -0.4 is 4.74 Å². The number of rotatable bonds is 10. The maximum absolute atomic E-state index is 7.60. The fraction of sp³-hybridized carbons (Fsp3) is 0.0149. The summed E-state index contributed by atoms with van der Waals surface area (Å²) in [5, 5.41) is 0. The van der Waals surface area contributed by atoms with Crippen LogP contribution in [-0.2, 0) is 5.60 Å². The molecule has 10 aromatic carbocycles. The highest BCUT2D eigenvalue weighted by molar-refractivity contribution is 5.85. The van der Waals surface area contributed by atoms with E-state index in [1.807, 2.05) is 121 Å². The Hall–Kier alpha value is -9.98. The summed E-state index contributed by atoms with van der Waals surface area (Å²) >= 11 is 0. The molecule has 2 aromatic heterocycles. The lowest BCUT2D eigenvalue weighted by Crippen LogP contribution is -2.38. The lowest BCUT2D eigenvalue weighted by Gasteiger charge is -2.41. The van der Waals surface area contributed by atoms with E-state index < -0.39 is 5.60 Å². The van der Waals surface area contributed by atoms with Crippen molar-refractivity contribution < 1.29 is 4.74 Å². The average molecular weight is 949 g/mol. The molecule has 3 heterocycles. The molecule has 0 spiro atoms. The molecule has 7 nitrogen and oxygen atoms in total. The second-order valence-corrected chi connectivity index (χ2v) is 18.2. The Morgan fingerprint density at radius 1 is 0.230 bits per heavy atom. The predicted octanol–water partition coefficient (Wildman–Crippen LogP) is 15.7. The number of ether oxygens (including phenoxy) is 1. The summed E-state index contributed by atoms with van der Waals surface area (Å²) in [5.74, 6) is 4.53. The third-order valence-electron chi connectivity index (χ3n) is 13.6. The first-order valence-corrected chi connectivity index (χ1v) is 24.7. The van der Waals surface area contributed by atoms with Gasteiger partial charge in [-0.15, -0.1) is 0 Å². The molecule has 1 aliphatic heterocycles. The molecule has 0 unspecified atom stereocenters. The molecule has 0 N–H and O–H groups in total. The van der Waals surface area contributed by atoms with Crippen molar-refractivity contribution in [2.24, 2.45) is 0 Å². The second-order valence-electron chi connectivity index (χ2n) is 18.2. The van der Waals surface area contributed by atoms with Gasteiger partial charge in [0, 0.05) is 55.6 Å². The zero-order chi connectivity index (χ0) is 49.3. The van der Waals surface area contributed by atoms with Crippen molar-refractivity contribution in [1.29, 1.82) is 0 Å². The predicted molar refractivity (Wildman–Crippen MR) is 296 cm³/mol. The van der Waals surface area contributed by atoms with Gasteiger partial charge in [0.15, 0.2) is 40.5 Å². The van der Waals surface area contributed by atoms with Crippen LogP contribution in [0, 0.1) is 0 Å². The summed E-state index contributed by atoms with van der Waals surface area (Å²) in [5.41, 5.74) is 14.0. The zero-order valence-corrected chi connectivity index (χ0v) is 40.0. The molecule has 13 rings (SSSR count). The lowest BCUT2D eigenvalue weighted by atomic mass is 9.74. The summed E-state index contributed by atoms with van der Waals surface area (Å²) in [6.45, 7) is 0. The Balaban J connectivity index is 0.885. The molecule has 7 heteroatoms. The monoisotopic (exact) mass is 948 g/mol. The van der Waals surface area contributed by atoms with Gasteiger partial charge < -0.3 is 4.74 Å². The smallest absolute Gasteiger partial charge is 0.185 e. The minimum absolute atomic E-state index is 0.609. The molecule has 0 fully saturated rings. The van der Waals surface area contributed by atoms with Crippen LogP contribution in [0.15, 0.2) is 267 Å². The van der Waals surface area contributed by atoms with Crippen molar-refractivity contribution in [2.45, 2.75) is 5.60 Å². The molecule has 348 valence electrons. The molecule has 0 atom stereocenters. The molecular formula is C67H44N6O. The van der Waals surface area contributed by atoms with Gasteiger partial charge in [0.05, 0.1) is 0 Å². The highest BCUT2D eigenvalue weighted by Crippen LogP contribution is 2.53. The van der Waals surface area contributed by atoms with E-state index >= 15 is 0 Å². The average Bonchev–Trinajstić information content (AvgIpc) is 3.50. The molecule has 0 amide bonds. The molecule has 0 radical (unpaired) electrons. The van der Waals surface area contributed by atoms with Gasteiger partial charge >= 0.3 is 0 Å². The fourth-order valence-electron chi connectivity index (χ4n) is 9.92. The first-order valence-electron chi connectivity index (χ1n) is 24.7. The van der Waals surface area contributed by atoms with Gasteiger partial charge in [-0.2, -0.15) is 0 Å². The van der Waals surface area contributed by atoms with Crippen LogP contribution in [0.5, 0.6) is 5.75 Å². The van der Waals surface area contributed by atoms with Gasteiger partial charge in [-0.1, -0.05) is 255 Å². The van der Waals surface area contributed by atoms with Crippen LogP contribution in [0.2, 0.25) is 0 Å². The van der Waals surface area contributed by atoms with Crippen LogP contribution in [0.25, 0.3) is 102 Å². The molecule has 12 aromatic rings. The zero-order valence-electron chi connectivity index (χ0n) is 40.0. The highest BCUT2D eigenvalue weighted by atomic mass is 16.5. The molecule has 0 saturated carbocycles. The lowest BCUT2D eigenvalue weighted by molar-refractivity contribution is 0.152. The van der Waals surface area contributed by atoms with Gasteiger partial charge in [-0.25, -0.2) is 29.9 Å². The number of nitrogens with zero attached hydrogens (tertiary/aromatic N) is 6. The third-order valence-corrected chi connectivity index (χ3v) is 13.6. The first-order chi connectivity index (χ1) is 36.6. The normalized spacial score (nSPS) is 12.3. The van der Waals surface area contributed by atoms with Crippen molar-refractivity contribution in [1.82, 2.24) is 29.9 Å². The molecule has 0 saturated heterocycles. The largest absolute Gasteiger partial charge is 0.472 e. The summed E-state index contributed by atoms with van der Waals surface area (Å²) in [7, 11) is 0. The van der Waals surface area contributed by atoms with Crippen molar-refractivity contribution in [2.75, 3.05) is 0 Å². The minimum atomic E-state index is -0.985. The molecule has 0 aliphatic carbocycles. The van der Waals surface area contributed by atoms with Crippen molar-refractivity contribution >= 4 is 0 Å². The van der Waals surface area contributed by atoms with Gasteiger partial charge in [0.2, 0.25) is 0 Å². The van der Waals surface area contributed by atoms with Crippen LogP contribution >= 0.6 is 0 Å².